The number of carbonyl (C=O) groups excluding carboxylic acids is 4. The van der Waals surface area contributed by atoms with Gasteiger partial charge < -0.3 is 34.7 Å². The Morgan fingerprint density at radius 2 is 1.33 bits per heavy atom. The van der Waals surface area contributed by atoms with Crippen LogP contribution in [0, 0.1) is 0 Å². The van der Waals surface area contributed by atoms with Crippen LogP contribution in [0.25, 0.3) is 22.8 Å². The van der Waals surface area contributed by atoms with E-state index in [0.717, 1.165) is 16.7 Å². The standard InChI is InChI=1S/C43H43N5O7/c1-54-36-24-37(48(27-36)41(52)21-29-10-6-3-7-11-29)42(53)46-33-16-12-30(13-17-33)38-25-44-43(55-38)31-14-18-32(19-15-31)45-39(50)23-34-22-35(49)26-47(34)40(51)20-28-8-4-2-5-9-28/h2-19,25,34-37,49H,20-24,26-27H2,1H3,(H,45,50)(H,46,53). The maximum absolute atomic E-state index is 13.4. The van der Waals surface area contributed by atoms with E-state index in [2.05, 4.69) is 15.6 Å². The van der Waals surface area contributed by atoms with E-state index in [1.807, 2.05) is 72.8 Å². The Morgan fingerprint density at radius 3 is 1.95 bits per heavy atom. The number of β-amino-alcohol motifs (C(OH)–C–C–N with tert-alkyl or cyclic N) is 1. The van der Waals surface area contributed by atoms with Gasteiger partial charge in [-0.3, -0.25) is 19.2 Å². The zero-order valence-corrected chi connectivity index (χ0v) is 30.5. The van der Waals surface area contributed by atoms with Gasteiger partial charge in [-0.15, -0.1) is 0 Å². The highest BCUT2D eigenvalue weighted by Crippen LogP contribution is 2.29. The van der Waals surface area contributed by atoms with E-state index < -0.39 is 12.1 Å². The summed E-state index contributed by atoms with van der Waals surface area (Å²) in [5, 5.41) is 16.1. The number of methoxy groups -OCH3 is 1. The van der Waals surface area contributed by atoms with E-state index in [1.165, 1.54) is 0 Å². The lowest BCUT2D eigenvalue weighted by Gasteiger charge is -2.24. The summed E-state index contributed by atoms with van der Waals surface area (Å²) in [6, 6.07) is 32.2. The molecule has 3 heterocycles. The fourth-order valence-corrected chi connectivity index (χ4v) is 7.23. The van der Waals surface area contributed by atoms with Gasteiger partial charge in [-0.2, -0.15) is 0 Å². The summed E-state index contributed by atoms with van der Waals surface area (Å²) in [5.74, 6) is 0.169. The van der Waals surface area contributed by atoms with Gasteiger partial charge in [0, 0.05) is 61.6 Å². The minimum absolute atomic E-state index is 0.0760. The van der Waals surface area contributed by atoms with E-state index in [-0.39, 0.29) is 61.6 Å². The average molecular weight is 742 g/mol. The van der Waals surface area contributed by atoms with Crippen LogP contribution in [0.15, 0.2) is 120 Å². The molecule has 4 amide bonds. The molecule has 0 radical (unpaired) electrons. The highest BCUT2D eigenvalue weighted by Gasteiger charge is 2.40. The van der Waals surface area contributed by atoms with Crippen molar-refractivity contribution < 1.29 is 33.4 Å². The Hall–Kier alpha value is -6.11. The number of amides is 4. The van der Waals surface area contributed by atoms with Gasteiger partial charge in [0.1, 0.15) is 6.04 Å². The first-order valence-corrected chi connectivity index (χ1v) is 18.4. The quantitative estimate of drug-likeness (QED) is 0.155. The second-order valence-corrected chi connectivity index (χ2v) is 14.0. The fourth-order valence-electron chi connectivity index (χ4n) is 7.23. The normalized spacial score (nSPS) is 19.3. The zero-order valence-electron chi connectivity index (χ0n) is 30.5. The molecular formula is C43H43N5O7. The molecule has 12 nitrogen and oxygen atoms in total. The number of rotatable bonds is 12. The molecule has 55 heavy (non-hydrogen) atoms. The third-order valence-corrected chi connectivity index (χ3v) is 10.1. The number of hydrogen-bond acceptors (Lipinski definition) is 8. The second-order valence-electron chi connectivity index (χ2n) is 14.0. The molecule has 2 aliphatic heterocycles. The third kappa shape index (κ3) is 9.17. The number of aliphatic hydroxyl groups is 1. The van der Waals surface area contributed by atoms with E-state index >= 15 is 0 Å². The monoisotopic (exact) mass is 741 g/mol. The molecule has 12 heteroatoms. The van der Waals surface area contributed by atoms with Gasteiger partial charge in [0.05, 0.1) is 31.2 Å². The van der Waals surface area contributed by atoms with Crippen molar-refractivity contribution in [1.29, 1.82) is 0 Å². The summed E-state index contributed by atoms with van der Waals surface area (Å²) in [7, 11) is 1.59. The number of nitrogens with zero attached hydrogens (tertiary/aromatic N) is 3. The van der Waals surface area contributed by atoms with Crippen molar-refractivity contribution in [2.24, 2.45) is 0 Å². The number of aliphatic hydroxyl groups excluding tert-OH is 1. The summed E-state index contributed by atoms with van der Waals surface area (Å²) in [6.45, 7) is 0.569. The summed E-state index contributed by atoms with van der Waals surface area (Å²) >= 11 is 0. The maximum Gasteiger partial charge on any atom is 0.247 e. The largest absolute Gasteiger partial charge is 0.436 e. The summed E-state index contributed by atoms with van der Waals surface area (Å²) < 4.78 is 11.6. The molecule has 3 N–H and O–H groups in total. The minimum atomic E-state index is -0.664. The molecule has 1 aromatic heterocycles. The molecule has 0 spiro atoms. The number of ether oxygens (including phenoxy) is 1. The Morgan fingerprint density at radius 1 is 0.745 bits per heavy atom. The topological polar surface area (TPSA) is 154 Å². The number of benzene rings is 4. The van der Waals surface area contributed by atoms with Crippen LogP contribution in [0.4, 0.5) is 11.4 Å². The predicted octanol–water partition coefficient (Wildman–Crippen LogP) is 5.34. The van der Waals surface area contributed by atoms with Crippen molar-refractivity contribution >= 4 is 35.0 Å². The highest BCUT2D eigenvalue weighted by atomic mass is 16.5. The summed E-state index contributed by atoms with van der Waals surface area (Å²) in [4.78, 5) is 60.2. The van der Waals surface area contributed by atoms with Crippen molar-refractivity contribution in [3.05, 3.63) is 127 Å². The van der Waals surface area contributed by atoms with Crippen molar-refractivity contribution in [3.63, 3.8) is 0 Å². The summed E-state index contributed by atoms with van der Waals surface area (Å²) in [6.07, 6.45) is 2.01. The van der Waals surface area contributed by atoms with Crippen LogP contribution in [-0.4, -0.2) is 88.0 Å². The lowest BCUT2D eigenvalue weighted by molar-refractivity contribution is -0.136. The number of likely N-dealkylation sites (tertiary alicyclic amines) is 2. The lowest BCUT2D eigenvalue weighted by atomic mass is 10.1. The number of hydrogen-bond donors (Lipinski definition) is 3. The van der Waals surface area contributed by atoms with E-state index in [4.69, 9.17) is 9.15 Å². The molecule has 0 aliphatic carbocycles. The molecular weight excluding hydrogens is 699 g/mol. The molecule has 4 unspecified atom stereocenters. The minimum Gasteiger partial charge on any atom is -0.436 e. The number of aromatic nitrogens is 1. The fraction of sp³-hybridized carbons (Fsp3) is 0.279. The van der Waals surface area contributed by atoms with Crippen LogP contribution in [0.1, 0.15) is 30.4 Å². The third-order valence-electron chi connectivity index (χ3n) is 10.1. The van der Waals surface area contributed by atoms with Crippen LogP contribution in [0.2, 0.25) is 0 Å². The van der Waals surface area contributed by atoms with Crippen LogP contribution < -0.4 is 10.6 Å². The Labute approximate surface area is 319 Å². The maximum atomic E-state index is 13.4. The number of anilines is 2. The molecule has 4 aromatic carbocycles. The van der Waals surface area contributed by atoms with Crippen LogP contribution in [0.5, 0.6) is 0 Å². The molecule has 5 aromatic rings. The molecule has 7 rings (SSSR count). The molecule has 4 atom stereocenters. The van der Waals surface area contributed by atoms with Gasteiger partial charge in [0.15, 0.2) is 5.76 Å². The first-order chi connectivity index (χ1) is 26.7. The van der Waals surface area contributed by atoms with E-state index in [9.17, 15) is 24.3 Å². The molecule has 2 aliphatic rings. The second kappa shape index (κ2) is 16.9. The van der Waals surface area contributed by atoms with Gasteiger partial charge in [-0.05, 0) is 66.1 Å². The van der Waals surface area contributed by atoms with Crippen molar-refractivity contribution in [2.75, 3.05) is 30.8 Å². The van der Waals surface area contributed by atoms with Crippen LogP contribution in [0.3, 0.4) is 0 Å². The van der Waals surface area contributed by atoms with Gasteiger partial charge in [-0.25, -0.2) is 4.98 Å². The van der Waals surface area contributed by atoms with Gasteiger partial charge in [0.25, 0.3) is 0 Å². The van der Waals surface area contributed by atoms with E-state index in [1.54, 1.807) is 59.5 Å². The highest BCUT2D eigenvalue weighted by molar-refractivity contribution is 5.98. The van der Waals surface area contributed by atoms with E-state index in [0.29, 0.717) is 48.0 Å². The molecule has 282 valence electrons. The first kappa shape index (κ1) is 37.2. The average Bonchev–Trinajstić information content (AvgIpc) is 3.95. The van der Waals surface area contributed by atoms with Crippen molar-refractivity contribution in [3.8, 4) is 22.8 Å². The Balaban J connectivity index is 0.923. The molecule has 2 saturated heterocycles. The van der Waals surface area contributed by atoms with Crippen molar-refractivity contribution in [1.82, 2.24) is 14.8 Å². The van der Waals surface area contributed by atoms with Gasteiger partial charge in [-0.1, -0.05) is 60.7 Å². The molecule has 2 fully saturated rings. The molecule has 0 bridgehead atoms. The smallest absolute Gasteiger partial charge is 0.247 e. The van der Waals surface area contributed by atoms with Gasteiger partial charge in [0.2, 0.25) is 29.5 Å². The number of nitrogens with one attached hydrogen (secondary N) is 2. The predicted molar refractivity (Wildman–Crippen MR) is 207 cm³/mol. The Kier molecular flexibility index (Phi) is 11.4. The first-order valence-electron chi connectivity index (χ1n) is 18.4. The Bertz CT molecular complexity index is 2100. The van der Waals surface area contributed by atoms with Crippen molar-refractivity contribution in [2.45, 2.75) is 56.4 Å². The zero-order chi connectivity index (χ0) is 38.3. The van der Waals surface area contributed by atoms with Gasteiger partial charge >= 0.3 is 0 Å². The van der Waals surface area contributed by atoms with Crippen LogP contribution in [-0.2, 0) is 36.8 Å². The summed E-state index contributed by atoms with van der Waals surface area (Å²) in [5.41, 5.74) is 4.41. The number of oxazole rings is 1. The lowest BCUT2D eigenvalue weighted by Crippen LogP contribution is -2.43. The SMILES string of the molecule is COC1CC(C(=O)Nc2ccc(-c3cnc(-c4ccc(NC(=O)CC5CC(O)CN5C(=O)Cc5ccccc5)cc4)o3)cc2)N(C(=O)Cc2ccccc2)C1. The number of carbonyl (C=O) groups is 4. The molecule has 0 saturated carbocycles. The van der Waals surface area contributed by atoms with Crippen LogP contribution >= 0.6 is 0 Å².